The summed E-state index contributed by atoms with van der Waals surface area (Å²) in [5.74, 6) is 0.00831. The Hall–Kier alpha value is -1.91. The molecule has 0 saturated carbocycles. The number of benzene rings is 1. The van der Waals surface area contributed by atoms with Crippen LogP contribution < -0.4 is 5.32 Å². The molecule has 4 nitrogen and oxygen atoms in total. The van der Waals surface area contributed by atoms with Gasteiger partial charge in [0.05, 0.1) is 0 Å². The van der Waals surface area contributed by atoms with Crippen LogP contribution in [0.25, 0.3) is 0 Å². The number of nitrogens with one attached hydrogen (secondary N) is 1. The first kappa shape index (κ1) is 18.4. The number of amides is 2. The summed E-state index contributed by atoms with van der Waals surface area (Å²) in [6.45, 7) is 7.44. The van der Waals surface area contributed by atoms with Crippen LogP contribution in [0.1, 0.15) is 39.2 Å². The fourth-order valence-electron chi connectivity index (χ4n) is 2.90. The average Bonchev–Trinajstić information content (AvgIpc) is 2.56. The Morgan fingerprint density at radius 3 is 2.38 bits per heavy atom. The van der Waals surface area contributed by atoms with Gasteiger partial charge in [0.2, 0.25) is 11.8 Å². The molecule has 2 rings (SSSR count). The van der Waals surface area contributed by atoms with E-state index in [1.165, 1.54) is 12.1 Å². The maximum atomic E-state index is 12.9. The van der Waals surface area contributed by atoms with Crippen LogP contribution in [0.5, 0.6) is 0 Å². The van der Waals surface area contributed by atoms with Crippen LogP contribution in [-0.4, -0.2) is 36.3 Å². The van der Waals surface area contributed by atoms with E-state index in [0.717, 1.165) is 31.5 Å². The summed E-state index contributed by atoms with van der Waals surface area (Å²) < 4.78 is 12.9. The first-order chi connectivity index (χ1) is 11.3. The number of carbonyl (C=O) groups excluding carboxylic acids is 2. The molecule has 0 bridgehead atoms. The molecule has 1 aromatic carbocycles. The lowest BCUT2D eigenvalue weighted by atomic mass is 9.88. The predicted octanol–water partition coefficient (Wildman–Crippen LogP) is 2.77. The summed E-state index contributed by atoms with van der Waals surface area (Å²) in [6, 6.07) is 6.21. The number of likely N-dealkylation sites (tertiary alicyclic amines) is 1. The smallest absolute Gasteiger partial charge is 0.237 e. The number of hydrogen-bond donors (Lipinski definition) is 1. The molecule has 0 radical (unpaired) electrons. The minimum Gasteiger partial charge on any atom is -0.355 e. The van der Waals surface area contributed by atoms with E-state index in [1.54, 1.807) is 30.9 Å². The Kier molecular flexibility index (Phi) is 5.97. The quantitative estimate of drug-likeness (QED) is 0.842. The Morgan fingerprint density at radius 1 is 1.21 bits per heavy atom. The largest absolute Gasteiger partial charge is 0.355 e. The fourth-order valence-corrected chi connectivity index (χ4v) is 2.90. The standard InChI is InChI=1S/C19H27FN2O2/c1-14-9-12-22(13-10-14)18(24)19(2,3)17(23)21-11-8-15-4-6-16(20)7-5-15/h4-7,14H,8-13H2,1-3H3,(H,21,23). The van der Waals surface area contributed by atoms with Crippen LogP contribution >= 0.6 is 0 Å². The van der Waals surface area contributed by atoms with Crippen molar-refractivity contribution in [3.05, 3.63) is 35.6 Å². The third-order valence-electron chi connectivity index (χ3n) is 4.79. The van der Waals surface area contributed by atoms with Crippen LogP contribution in [0.3, 0.4) is 0 Å². The van der Waals surface area contributed by atoms with E-state index in [0.29, 0.717) is 18.9 Å². The first-order valence-electron chi connectivity index (χ1n) is 8.63. The zero-order chi connectivity index (χ0) is 17.7. The first-order valence-corrected chi connectivity index (χ1v) is 8.63. The predicted molar refractivity (Wildman–Crippen MR) is 91.9 cm³/mol. The molecule has 1 aromatic rings. The Morgan fingerprint density at radius 2 is 1.79 bits per heavy atom. The minimum atomic E-state index is -1.07. The Labute approximate surface area is 143 Å². The minimum absolute atomic E-state index is 0.103. The van der Waals surface area contributed by atoms with Crippen LogP contribution in [0.4, 0.5) is 4.39 Å². The third kappa shape index (κ3) is 4.56. The fraction of sp³-hybridized carbons (Fsp3) is 0.579. The number of carbonyl (C=O) groups is 2. The molecule has 24 heavy (non-hydrogen) atoms. The summed E-state index contributed by atoms with van der Waals surface area (Å²) in [7, 11) is 0. The van der Waals surface area contributed by atoms with Crippen LogP contribution in [0.2, 0.25) is 0 Å². The van der Waals surface area contributed by atoms with Crippen molar-refractivity contribution in [3.63, 3.8) is 0 Å². The van der Waals surface area contributed by atoms with Gasteiger partial charge in [-0.3, -0.25) is 9.59 Å². The second kappa shape index (κ2) is 7.77. The molecule has 0 aliphatic carbocycles. The van der Waals surface area contributed by atoms with Crippen LogP contribution in [0, 0.1) is 17.2 Å². The molecule has 1 saturated heterocycles. The monoisotopic (exact) mass is 334 g/mol. The van der Waals surface area contributed by atoms with Crippen molar-refractivity contribution in [2.24, 2.45) is 11.3 Å². The van der Waals surface area contributed by atoms with Crippen molar-refractivity contribution < 1.29 is 14.0 Å². The maximum Gasteiger partial charge on any atom is 0.237 e. The number of rotatable bonds is 5. The highest BCUT2D eigenvalue weighted by Crippen LogP contribution is 2.24. The molecule has 0 unspecified atom stereocenters. The molecule has 1 aliphatic heterocycles. The highest BCUT2D eigenvalue weighted by Gasteiger charge is 2.39. The lowest BCUT2D eigenvalue weighted by Crippen LogP contribution is -2.51. The van der Waals surface area contributed by atoms with Gasteiger partial charge in [0.15, 0.2) is 0 Å². The summed E-state index contributed by atoms with van der Waals surface area (Å²) in [5.41, 5.74) is -0.116. The van der Waals surface area contributed by atoms with Crippen molar-refractivity contribution >= 4 is 11.8 Å². The van der Waals surface area contributed by atoms with Crippen molar-refractivity contribution in [2.75, 3.05) is 19.6 Å². The van der Waals surface area contributed by atoms with Gasteiger partial charge in [0.25, 0.3) is 0 Å². The lowest BCUT2D eigenvalue weighted by molar-refractivity contribution is -0.149. The van der Waals surface area contributed by atoms with E-state index >= 15 is 0 Å². The van der Waals surface area contributed by atoms with Gasteiger partial charge in [0, 0.05) is 19.6 Å². The molecule has 132 valence electrons. The molecule has 1 aliphatic rings. The molecular weight excluding hydrogens is 307 g/mol. The third-order valence-corrected chi connectivity index (χ3v) is 4.79. The van der Waals surface area contributed by atoms with Gasteiger partial charge in [-0.05, 0) is 56.7 Å². The van der Waals surface area contributed by atoms with E-state index in [-0.39, 0.29) is 17.6 Å². The highest BCUT2D eigenvalue weighted by molar-refractivity contribution is 6.04. The molecule has 1 fully saturated rings. The van der Waals surface area contributed by atoms with E-state index < -0.39 is 5.41 Å². The van der Waals surface area contributed by atoms with Gasteiger partial charge < -0.3 is 10.2 Å². The maximum absolute atomic E-state index is 12.9. The second-order valence-electron chi connectivity index (χ2n) is 7.23. The zero-order valence-electron chi connectivity index (χ0n) is 14.8. The van der Waals surface area contributed by atoms with E-state index in [4.69, 9.17) is 0 Å². The molecule has 0 aromatic heterocycles. The molecule has 0 spiro atoms. The molecule has 1 N–H and O–H groups in total. The van der Waals surface area contributed by atoms with Crippen LogP contribution in [-0.2, 0) is 16.0 Å². The molecular formula is C19H27FN2O2. The van der Waals surface area contributed by atoms with E-state index in [2.05, 4.69) is 12.2 Å². The number of halogens is 1. The molecule has 5 heteroatoms. The van der Waals surface area contributed by atoms with Crippen LogP contribution in [0.15, 0.2) is 24.3 Å². The summed E-state index contributed by atoms with van der Waals surface area (Å²) >= 11 is 0. The van der Waals surface area contributed by atoms with Crippen molar-refractivity contribution in [1.82, 2.24) is 10.2 Å². The second-order valence-corrected chi connectivity index (χ2v) is 7.23. The topological polar surface area (TPSA) is 49.4 Å². The van der Waals surface area contributed by atoms with E-state index in [9.17, 15) is 14.0 Å². The summed E-state index contributed by atoms with van der Waals surface area (Å²) in [6.07, 6.45) is 2.60. The summed E-state index contributed by atoms with van der Waals surface area (Å²) in [5, 5.41) is 2.83. The van der Waals surface area contributed by atoms with Gasteiger partial charge >= 0.3 is 0 Å². The van der Waals surface area contributed by atoms with Gasteiger partial charge in [0.1, 0.15) is 11.2 Å². The average molecular weight is 334 g/mol. The highest BCUT2D eigenvalue weighted by atomic mass is 19.1. The Balaban J connectivity index is 1.85. The van der Waals surface area contributed by atoms with Gasteiger partial charge in [-0.1, -0.05) is 19.1 Å². The molecule has 0 atom stereocenters. The normalized spacial score (nSPS) is 16.1. The Bertz CT molecular complexity index is 576. The number of hydrogen-bond acceptors (Lipinski definition) is 2. The van der Waals surface area contributed by atoms with E-state index in [1.807, 2.05) is 0 Å². The zero-order valence-corrected chi connectivity index (χ0v) is 14.8. The lowest BCUT2D eigenvalue weighted by Gasteiger charge is -2.35. The van der Waals surface area contributed by atoms with Gasteiger partial charge in [-0.2, -0.15) is 0 Å². The summed E-state index contributed by atoms with van der Waals surface area (Å²) in [4.78, 5) is 26.9. The van der Waals surface area contributed by atoms with Gasteiger partial charge in [-0.25, -0.2) is 4.39 Å². The van der Waals surface area contributed by atoms with Crippen molar-refractivity contribution in [2.45, 2.75) is 40.0 Å². The molecule has 1 heterocycles. The molecule has 2 amide bonds. The number of nitrogens with zero attached hydrogens (tertiary/aromatic N) is 1. The van der Waals surface area contributed by atoms with Gasteiger partial charge in [-0.15, -0.1) is 0 Å². The van der Waals surface area contributed by atoms with Crippen molar-refractivity contribution in [1.29, 1.82) is 0 Å². The SMILES string of the molecule is CC1CCN(C(=O)C(C)(C)C(=O)NCCc2ccc(F)cc2)CC1. The number of piperidine rings is 1. The van der Waals surface area contributed by atoms with Crippen molar-refractivity contribution in [3.8, 4) is 0 Å².